The van der Waals surface area contributed by atoms with E-state index >= 15 is 0 Å². The third-order valence-corrected chi connectivity index (χ3v) is 12.1. The number of nitrogens with zero attached hydrogens (tertiary/aromatic N) is 1. The van der Waals surface area contributed by atoms with E-state index < -0.39 is 0 Å². The first-order valence-corrected chi connectivity index (χ1v) is 19.8. The maximum absolute atomic E-state index is 2.42. The molecule has 0 amide bonds. The zero-order valence-corrected chi connectivity index (χ0v) is 31.2. The molecule has 0 unspecified atom stereocenters. The van der Waals surface area contributed by atoms with Crippen LogP contribution in [-0.2, 0) is 0 Å². The van der Waals surface area contributed by atoms with Gasteiger partial charge in [-0.15, -0.1) is 0 Å². The van der Waals surface area contributed by atoms with Crippen molar-refractivity contribution in [3.05, 3.63) is 212 Å². The summed E-state index contributed by atoms with van der Waals surface area (Å²) in [7, 11) is 0. The molecule has 264 valence electrons. The van der Waals surface area contributed by atoms with E-state index in [9.17, 15) is 0 Å². The molecule has 0 radical (unpaired) electrons. The van der Waals surface area contributed by atoms with Crippen molar-refractivity contribution >= 4 is 75.7 Å². The summed E-state index contributed by atoms with van der Waals surface area (Å²) in [6.07, 6.45) is 0. The molecule has 0 aliphatic carbocycles. The molecule has 12 rings (SSSR count). The molecule has 0 saturated carbocycles. The average Bonchev–Trinajstić information content (AvgIpc) is 3.62. The lowest BCUT2D eigenvalue weighted by Gasteiger charge is -2.17. The molecule has 0 fully saturated rings. The second-order valence-electron chi connectivity index (χ2n) is 15.2. The SMILES string of the molecule is c1ccc(-c2ccc3c4ccc(-c5ccc(-c6ccc7c8ccccc8c8c9ccccc9c9ccccc9c8c7c6)cc5)cc4n(-c4ccccc4)c3c2)cc1. The van der Waals surface area contributed by atoms with Crippen LogP contribution in [0.1, 0.15) is 0 Å². The number of hydrogen-bond acceptors (Lipinski definition) is 0. The monoisotopic (exact) mass is 721 g/mol. The Hall–Kier alpha value is -7.48. The molecule has 0 spiro atoms. The quantitative estimate of drug-likeness (QED) is 0.160. The Morgan fingerprint density at radius 3 is 1.04 bits per heavy atom. The molecule has 0 bridgehead atoms. The Kier molecular flexibility index (Phi) is 7.00. The zero-order valence-electron chi connectivity index (χ0n) is 31.2. The van der Waals surface area contributed by atoms with Gasteiger partial charge in [-0.05, 0) is 118 Å². The smallest absolute Gasteiger partial charge is 0.0547 e. The van der Waals surface area contributed by atoms with Gasteiger partial charge in [-0.3, -0.25) is 0 Å². The van der Waals surface area contributed by atoms with E-state index in [1.165, 1.54) is 109 Å². The molecule has 0 aliphatic heterocycles. The molecule has 0 N–H and O–H groups in total. The van der Waals surface area contributed by atoms with Gasteiger partial charge in [0.25, 0.3) is 0 Å². The van der Waals surface area contributed by atoms with Crippen LogP contribution in [0.3, 0.4) is 0 Å². The summed E-state index contributed by atoms with van der Waals surface area (Å²) >= 11 is 0. The fourth-order valence-corrected chi connectivity index (χ4v) is 9.52. The average molecular weight is 722 g/mol. The standard InChI is InChI=1S/C56H35N/c1-3-13-36(14-4-1)40-28-31-47-48-32-29-41(35-54(48)57(53(47)34-40)42-15-5-2-6-16-42)38-25-23-37(24-26-38)39-27-30-46-45-19-9-11-21-50(45)55-49-20-10-7-17-43(49)44-18-8-12-22-51(44)56(55)52(46)33-39/h1-35H. The minimum absolute atomic E-state index is 1.16. The van der Waals surface area contributed by atoms with Gasteiger partial charge in [0.05, 0.1) is 11.0 Å². The van der Waals surface area contributed by atoms with Gasteiger partial charge >= 0.3 is 0 Å². The predicted molar refractivity (Wildman–Crippen MR) is 245 cm³/mol. The summed E-state index contributed by atoms with van der Waals surface area (Å²) in [5.41, 5.74) is 10.8. The summed E-state index contributed by atoms with van der Waals surface area (Å²) in [5.74, 6) is 0. The van der Waals surface area contributed by atoms with Crippen LogP contribution in [0.4, 0.5) is 0 Å². The molecular weight excluding hydrogens is 687 g/mol. The van der Waals surface area contributed by atoms with Crippen LogP contribution in [0.2, 0.25) is 0 Å². The Morgan fingerprint density at radius 1 is 0.211 bits per heavy atom. The third-order valence-electron chi connectivity index (χ3n) is 12.1. The highest BCUT2D eigenvalue weighted by Gasteiger charge is 2.18. The summed E-state index contributed by atoms with van der Waals surface area (Å²) < 4.78 is 2.42. The van der Waals surface area contributed by atoms with Crippen LogP contribution < -0.4 is 0 Å². The lowest BCUT2D eigenvalue weighted by molar-refractivity contribution is 1.18. The van der Waals surface area contributed by atoms with Crippen molar-refractivity contribution in [3.8, 4) is 39.1 Å². The first kappa shape index (κ1) is 31.8. The van der Waals surface area contributed by atoms with E-state index in [1.54, 1.807) is 0 Å². The van der Waals surface area contributed by atoms with Crippen LogP contribution in [0, 0.1) is 0 Å². The van der Waals surface area contributed by atoms with Gasteiger partial charge in [0.2, 0.25) is 0 Å². The van der Waals surface area contributed by atoms with Gasteiger partial charge in [0.1, 0.15) is 0 Å². The fourth-order valence-electron chi connectivity index (χ4n) is 9.52. The Bertz CT molecular complexity index is 3520. The number of para-hydroxylation sites is 1. The molecule has 0 atom stereocenters. The van der Waals surface area contributed by atoms with Gasteiger partial charge in [-0.1, -0.05) is 182 Å². The first-order valence-electron chi connectivity index (χ1n) is 19.8. The summed E-state index contributed by atoms with van der Waals surface area (Å²) in [4.78, 5) is 0. The summed E-state index contributed by atoms with van der Waals surface area (Å²) in [6, 6.07) is 78.2. The molecule has 0 aliphatic rings. The van der Waals surface area contributed by atoms with Crippen molar-refractivity contribution in [2.45, 2.75) is 0 Å². The van der Waals surface area contributed by atoms with Gasteiger partial charge in [-0.2, -0.15) is 0 Å². The molecular formula is C56H35N. The predicted octanol–water partition coefficient (Wildman–Crippen LogP) is 15.6. The van der Waals surface area contributed by atoms with Crippen molar-refractivity contribution in [2.75, 3.05) is 0 Å². The minimum atomic E-state index is 1.16. The van der Waals surface area contributed by atoms with E-state index in [0.717, 1.165) is 5.69 Å². The lowest BCUT2D eigenvalue weighted by atomic mass is 9.86. The fraction of sp³-hybridized carbons (Fsp3) is 0. The van der Waals surface area contributed by atoms with Gasteiger partial charge in [-0.25, -0.2) is 0 Å². The number of benzene rings is 11. The molecule has 1 heterocycles. The molecule has 1 heteroatoms. The van der Waals surface area contributed by atoms with E-state index in [2.05, 4.69) is 217 Å². The maximum atomic E-state index is 2.42. The maximum Gasteiger partial charge on any atom is 0.0547 e. The highest BCUT2D eigenvalue weighted by molar-refractivity contribution is 6.39. The van der Waals surface area contributed by atoms with Crippen LogP contribution in [-0.4, -0.2) is 4.57 Å². The Balaban J connectivity index is 1.01. The summed E-state index contributed by atoms with van der Waals surface area (Å²) in [6.45, 7) is 0. The Labute approximate surface area is 330 Å². The van der Waals surface area contributed by atoms with Gasteiger partial charge in [0, 0.05) is 16.5 Å². The number of rotatable bonds is 4. The van der Waals surface area contributed by atoms with Gasteiger partial charge < -0.3 is 4.57 Å². The van der Waals surface area contributed by atoms with E-state index in [4.69, 9.17) is 0 Å². The van der Waals surface area contributed by atoms with Crippen molar-refractivity contribution in [1.29, 1.82) is 0 Å². The molecule has 1 aromatic heterocycles. The van der Waals surface area contributed by atoms with E-state index in [-0.39, 0.29) is 0 Å². The van der Waals surface area contributed by atoms with E-state index in [0.29, 0.717) is 0 Å². The second kappa shape index (κ2) is 12.5. The Morgan fingerprint density at radius 2 is 0.544 bits per heavy atom. The molecule has 57 heavy (non-hydrogen) atoms. The van der Waals surface area contributed by atoms with Crippen LogP contribution in [0.25, 0.3) is 115 Å². The van der Waals surface area contributed by atoms with Crippen molar-refractivity contribution in [2.24, 2.45) is 0 Å². The molecule has 1 nitrogen and oxygen atoms in total. The highest BCUT2D eigenvalue weighted by Crippen LogP contribution is 2.45. The highest BCUT2D eigenvalue weighted by atomic mass is 15.0. The largest absolute Gasteiger partial charge is 0.309 e. The van der Waals surface area contributed by atoms with Crippen LogP contribution >= 0.6 is 0 Å². The molecule has 11 aromatic carbocycles. The molecule has 0 saturated heterocycles. The van der Waals surface area contributed by atoms with Crippen LogP contribution in [0.15, 0.2) is 212 Å². The number of aromatic nitrogens is 1. The topological polar surface area (TPSA) is 4.93 Å². The van der Waals surface area contributed by atoms with Crippen LogP contribution in [0.5, 0.6) is 0 Å². The minimum Gasteiger partial charge on any atom is -0.309 e. The van der Waals surface area contributed by atoms with Crippen molar-refractivity contribution in [1.82, 2.24) is 4.57 Å². The third kappa shape index (κ3) is 4.89. The lowest BCUT2D eigenvalue weighted by Crippen LogP contribution is -1.93. The summed E-state index contributed by atoms with van der Waals surface area (Å²) in [5, 5.41) is 15.6. The zero-order chi connectivity index (χ0) is 37.5. The normalized spacial score (nSPS) is 11.9. The molecule has 12 aromatic rings. The van der Waals surface area contributed by atoms with Gasteiger partial charge in [0.15, 0.2) is 0 Å². The van der Waals surface area contributed by atoms with E-state index in [1.807, 2.05) is 0 Å². The number of fused-ring (bicyclic) bond motifs is 14. The first-order chi connectivity index (χ1) is 28.3. The van der Waals surface area contributed by atoms with Crippen molar-refractivity contribution in [3.63, 3.8) is 0 Å². The second-order valence-corrected chi connectivity index (χ2v) is 15.2. The number of hydrogen-bond donors (Lipinski definition) is 0. The van der Waals surface area contributed by atoms with Crippen molar-refractivity contribution < 1.29 is 0 Å².